The molecule has 1 fully saturated rings. The lowest BCUT2D eigenvalue weighted by Gasteiger charge is -2.51. The molecule has 4 aromatic rings. The number of fused-ring (bicyclic) bond motifs is 4. The van der Waals surface area contributed by atoms with Gasteiger partial charge in [-0.05, 0) is 79.5 Å². The van der Waals surface area contributed by atoms with Crippen LogP contribution in [-0.2, 0) is 12.0 Å². The summed E-state index contributed by atoms with van der Waals surface area (Å²) in [5.74, 6) is -0.0174. The number of hydrogen-bond acceptors (Lipinski definition) is 2. The molecular formula is C31H30Cl2FN3O. The van der Waals surface area contributed by atoms with E-state index in [1.54, 1.807) is 24.3 Å². The molecule has 7 heteroatoms. The molecule has 1 aliphatic heterocycles. The summed E-state index contributed by atoms with van der Waals surface area (Å²) >= 11 is 12.5. The summed E-state index contributed by atoms with van der Waals surface area (Å²) in [6.45, 7) is 0.626. The van der Waals surface area contributed by atoms with E-state index in [2.05, 4.69) is 34.1 Å². The second kappa shape index (κ2) is 9.62. The van der Waals surface area contributed by atoms with Crippen LogP contribution in [-0.4, -0.2) is 36.4 Å². The number of carbonyl (C=O) groups excluding carboxylic acids is 1. The van der Waals surface area contributed by atoms with Crippen molar-refractivity contribution in [3.8, 4) is 0 Å². The summed E-state index contributed by atoms with van der Waals surface area (Å²) in [7, 11) is 3.78. The number of hydrogen-bond donors (Lipinski definition) is 1. The van der Waals surface area contributed by atoms with Crippen LogP contribution in [0.4, 0.5) is 10.1 Å². The lowest BCUT2D eigenvalue weighted by Crippen LogP contribution is -2.55. The zero-order valence-corrected chi connectivity index (χ0v) is 23.0. The minimum atomic E-state index is -0.474. The molecule has 1 spiro atoms. The van der Waals surface area contributed by atoms with Crippen LogP contribution in [0, 0.1) is 5.82 Å². The van der Waals surface area contributed by atoms with Crippen LogP contribution in [0.25, 0.3) is 10.9 Å². The van der Waals surface area contributed by atoms with E-state index in [9.17, 15) is 9.18 Å². The Morgan fingerprint density at radius 2 is 1.79 bits per heavy atom. The van der Waals surface area contributed by atoms with Crippen LogP contribution in [0.3, 0.4) is 0 Å². The van der Waals surface area contributed by atoms with Crippen LogP contribution in [0.1, 0.15) is 58.8 Å². The van der Waals surface area contributed by atoms with Crippen molar-refractivity contribution in [2.24, 2.45) is 0 Å². The van der Waals surface area contributed by atoms with E-state index in [1.165, 1.54) is 17.0 Å². The molecule has 4 nitrogen and oxygen atoms in total. The van der Waals surface area contributed by atoms with Crippen molar-refractivity contribution in [2.45, 2.75) is 43.6 Å². The molecule has 1 aliphatic carbocycles. The maximum Gasteiger partial charge on any atom is 0.254 e. The van der Waals surface area contributed by atoms with Gasteiger partial charge in [-0.2, -0.15) is 0 Å². The molecular weight excluding hydrogens is 520 g/mol. The molecule has 38 heavy (non-hydrogen) atoms. The molecule has 0 atom stereocenters. The van der Waals surface area contributed by atoms with Crippen LogP contribution in [0.2, 0.25) is 10.0 Å². The summed E-state index contributed by atoms with van der Waals surface area (Å²) in [6.07, 6.45) is 4.06. The number of rotatable bonds is 3. The summed E-state index contributed by atoms with van der Waals surface area (Å²) in [5, 5.41) is 2.04. The number of amides is 1. The standard InChI is InChI=1S/C31H30Cl2FN3O/c1-36(2)28-21(7-5-8-26(28)34)19-12-15-31(16-13-19)29-23(22-6-3-4-9-27(22)35-29)14-17-37(31)30(38)20-10-11-24(32)25(33)18-20/h3-11,18-19,35H,12-17H2,1-2H3. The van der Waals surface area contributed by atoms with Gasteiger partial charge in [-0.1, -0.05) is 53.5 Å². The Morgan fingerprint density at radius 3 is 2.53 bits per heavy atom. The van der Waals surface area contributed by atoms with Crippen molar-refractivity contribution >= 4 is 45.7 Å². The van der Waals surface area contributed by atoms with Crippen molar-refractivity contribution in [1.82, 2.24) is 9.88 Å². The number of anilines is 1. The van der Waals surface area contributed by atoms with Gasteiger partial charge in [0.2, 0.25) is 0 Å². The molecule has 6 rings (SSSR count). The van der Waals surface area contributed by atoms with E-state index < -0.39 is 5.54 Å². The molecule has 1 saturated carbocycles. The van der Waals surface area contributed by atoms with Crippen LogP contribution < -0.4 is 4.90 Å². The first-order chi connectivity index (χ1) is 18.3. The lowest BCUT2D eigenvalue weighted by atomic mass is 9.69. The van der Waals surface area contributed by atoms with Crippen molar-refractivity contribution in [3.05, 3.63) is 98.9 Å². The number of H-pyrrole nitrogens is 1. The molecule has 0 unspecified atom stereocenters. The van der Waals surface area contributed by atoms with E-state index in [-0.39, 0.29) is 17.6 Å². The van der Waals surface area contributed by atoms with Crippen molar-refractivity contribution in [2.75, 3.05) is 25.5 Å². The Morgan fingerprint density at radius 1 is 1.03 bits per heavy atom. The molecule has 1 aromatic heterocycles. The predicted octanol–water partition coefficient (Wildman–Crippen LogP) is 7.93. The van der Waals surface area contributed by atoms with Gasteiger partial charge in [0.25, 0.3) is 5.91 Å². The zero-order valence-electron chi connectivity index (χ0n) is 21.5. The number of carbonyl (C=O) groups is 1. The normalized spacial score (nSPS) is 21.1. The van der Waals surface area contributed by atoms with Crippen LogP contribution in [0.15, 0.2) is 60.7 Å². The Hall–Kier alpha value is -3.02. The smallest absolute Gasteiger partial charge is 0.254 e. The minimum Gasteiger partial charge on any atom is -0.375 e. The molecule has 2 heterocycles. The van der Waals surface area contributed by atoms with Gasteiger partial charge in [-0.3, -0.25) is 4.79 Å². The van der Waals surface area contributed by atoms with Gasteiger partial charge in [-0.25, -0.2) is 4.39 Å². The number of para-hydroxylation sites is 2. The Bertz CT molecular complexity index is 1540. The van der Waals surface area contributed by atoms with E-state index in [1.807, 2.05) is 25.1 Å². The minimum absolute atomic E-state index is 0.0361. The highest BCUT2D eigenvalue weighted by molar-refractivity contribution is 6.42. The number of aromatic amines is 1. The quantitative estimate of drug-likeness (QED) is 0.281. The average molecular weight is 551 g/mol. The summed E-state index contributed by atoms with van der Waals surface area (Å²) < 4.78 is 14.8. The second-order valence-electron chi connectivity index (χ2n) is 10.7. The molecule has 196 valence electrons. The third-order valence-electron chi connectivity index (χ3n) is 8.51. The molecule has 0 saturated heterocycles. The highest BCUT2D eigenvalue weighted by Crippen LogP contribution is 2.52. The average Bonchev–Trinajstić information content (AvgIpc) is 3.30. The number of benzene rings is 3. The fraction of sp³-hybridized carbons (Fsp3) is 0.323. The largest absolute Gasteiger partial charge is 0.375 e. The maximum absolute atomic E-state index is 14.8. The third-order valence-corrected chi connectivity index (χ3v) is 9.25. The summed E-state index contributed by atoms with van der Waals surface area (Å²) in [5.41, 5.74) is 5.31. The van der Waals surface area contributed by atoms with Crippen LogP contribution in [0.5, 0.6) is 0 Å². The molecule has 0 bridgehead atoms. The van der Waals surface area contributed by atoms with Crippen molar-refractivity contribution in [3.63, 3.8) is 0 Å². The topological polar surface area (TPSA) is 39.3 Å². The highest BCUT2D eigenvalue weighted by atomic mass is 35.5. The van der Waals surface area contributed by atoms with Gasteiger partial charge < -0.3 is 14.8 Å². The number of nitrogens with zero attached hydrogens (tertiary/aromatic N) is 2. The number of nitrogens with one attached hydrogen (secondary N) is 1. The first-order valence-corrected chi connectivity index (χ1v) is 13.9. The molecule has 3 aromatic carbocycles. The van der Waals surface area contributed by atoms with E-state index >= 15 is 0 Å². The monoisotopic (exact) mass is 549 g/mol. The van der Waals surface area contributed by atoms with Gasteiger partial charge in [0, 0.05) is 42.8 Å². The maximum atomic E-state index is 14.8. The van der Waals surface area contributed by atoms with Crippen molar-refractivity contribution < 1.29 is 9.18 Å². The van der Waals surface area contributed by atoms with Crippen LogP contribution >= 0.6 is 23.2 Å². The van der Waals surface area contributed by atoms with E-state index in [0.717, 1.165) is 48.9 Å². The Balaban J connectivity index is 1.42. The highest BCUT2D eigenvalue weighted by Gasteiger charge is 2.49. The first kappa shape index (κ1) is 25.3. The van der Waals surface area contributed by atoms with Gasteiger partial charge in [0.15, 0.2) is 0 Å². The Labute approximate surface area is 232 Å². The number of aromatic nitrogens is 1. The fourth-order valence-corrected chi connectivity index (χ4v) is 7.07. The SMILES string of the molecule is CN(C)c1c(F)cccc1C1CCC2(CC1)c1[nH]c3ccccc3c1CCN2C(=O)c1ccc(Cl)c(Cl)c1. The zero-order chi connectivity index (χ0) is 26.6. The van der Waals surface area contributed by atoms with E-state index in [4.69, 9.17) is 23.2 Å². The molecule has 1 N–H and O–H groups in total. The summed E-state index contributed by atoms with van der Waals surface area (Å²) in [4.78, 5) is 21.7. The third kappa shape index (κ3) is 3.99. The Kier molecular flexibility index (Phi) is 6.40. The predicted molar refractivity (Wildman–Crippen MR) is 153 cm³/mol. The van der Waals surface area contributed by atoms with Gasteiger partial charge >= 0.3 is 0 Å². The van der Waals surface area contributed by atoms with Gasteiger partial charge in [0.1, 0.15) is 5.82 Å². The molecule has 2 aliphatic rings. The van der Waals surface area contributed by atoms with E-state index in [0.29, 0.717) is 27.8 Å². The number of halogens is 3. The lowest BCUT2D eigenvalue weighted by molar-refractivity contribution is 0.0226. The van der Waals surface area contributed by atoms with Crippen molar-refractivity contribution in [1.29, 1.82) is 0 Å². The second-order valence-corrected chi connectivity index (χ2v) is 11.6. The summed E-state index contributed by atoms with van der Waals surface area (Å²) in [6, 6.07) is 18.9. The molecule has 1 amide bonds. The molecule has 0 radical (unpaired) electrons. The first-order valence-electron chi connectivity index (χ1n) is 13.1. The fourth-order valence-electron chi connectivity index (χ4n) is 6.77. The van der Waals surface area contributed by atoms with Gasteiger partial charge in [-0.15, -0.1) is 0 Å². The van der Waals surface area contributed by atoms with Gasteiger partial charge in [0.05, 0.1) is 21.3 Å².